The van der Waals surface area contributed by atoms with Gasteiger partial charge < -0.3 is 4.90 Å². The molecule has 0 saturated carbocycles. The highest BCUT2D eigenvalue weighted by Gasteiger charge is 2.32. The van der Waals surface area contributed by atoms with Gasteiger partial charge in [0.2, 0.25) is 10.0 Å². The van der Waals surface area contributed by atoms with E-state index < -0.39 is 26.6 Å². The van der Waals surface area contributed by atoms with E-state index in [1.165, 1.54) is 17.2 Å². The smallest absolute Gasteiger partial charge is 0.255 e. The summed E-state index contributed by atoms with van der Waals surface area (Å²) in [6.45, 7) is 0.0437. The van der Waals surface area contributed by atoms with E-state index in [1.807, 2.05) is 0 Å². The van der Waals surface area contributed by atoms with Crippen LogP contribution in [0, 0.1) is 11.6 Å². The maximum Gasteiger partial charge on any atom is 0.255 e. The minimum atomic E-state index is -4.21. The third-order valence-corrected chi connectivity index (χ3v) is 6.68. The zero-order chi connectivity index (χ0) is 19.8. The molecule has 1 aromatic heterocycles. The lowest BCUT2D eigenvalue weighted by molar-refractivity contribution is 0.0697. The van der Waals surface area contributed by atoms with Crippen molar-refractivity contribution < 1.29 is 22.0 Å². The molecule has 27 heavy (non-hydrogen) atoms. The van der Waals surface area contributed by atoms with E-state index in [2.05, 4.69) is 4.98 Å². The number of nitrogens with zero attached hydrogens (tertiary/aromatic N) is 3. The molecule has 11 heteroatoms. The van der Waals surface area contributed by atoms with Crippen molar-refractivity contribution in [2.24, 2.45) is 0 Å². The number of amides is 1. The first kappa shape index (κ1) is 19.9. The highest BCUT2D eigenvalue weighted by Crippen LogP contribution is 2.23. The van der Waals surface area contributed by atoms with Gasteiger partial charge in [-0.05, 0) is 24.3 Å². The minimum absolute atomic E-state index is 0.0568. The molecular formula is C16H13Cl2F2N3O3S. The van der Waals surface area contributed by atoms with E-state index in [0.717, 1.165) is 16.4 Å². The topological polar surface area (TPSA) is 70.6 Å². The van der Waals surface area contributed by atoms with Crippen LogP contribution in [0.25, 0.3) is 0 Å². The highest BCUT2D eigenvalue weighted by atomic mass is 35.5. The molecule has 1 aliphatic heterocycles. The largest absolute Gasteiger partial charge is 0.336 e. The Bertz CT molecular complexity index is 996. The molecule has 0 radical (unpaired) electrons. The van der Waals surface area contributed by atoms with Crippen LogP contribution in [0.5, 0.6) is 0 Å². The molecule has 0 spiro atoms. The van der Waals surface area contributed by atoms with Gasteiger partial charge in [-0.25, -0.2) is 22.2 Å². The summed E-state index contributed by atoms with van der Waals surface area (Å²) in [6, 6.07) is 3.63. The summed E-state index contributed by atoms with van der Waals surface area (Å²) in [5, 5.41) is 0.201. The van der Waals surface area contributed by atoms with Gasteiger partial charge in [0, 0.05) is 32.4 Å². The third-order valence-electron chi connectivity index (χ3n) is 4.08. The maximum atomic E-state index is 13.8. The molecule has 0 N–H and O–H groups in total. The van der Waals surface area contributed by atoms with Crippen LogP contribution >= 0.6 is 23.2 Å². The lowest BCUT2D eigenvalue weighted by Crippen LogP contribution is -2.50. The number of carbonyl (C=O) groups excluding carboxylic acids is 1. The first-order chi connectivity index (χ1) is 12.7. The van der Waals surface area contributed by atoms with Crippen LogP contribution in [0.3, 0.4) is 0 Å². The predicted molar refractivity (Wildman–Crippen MR) is 95.3 cm³/mol. The Hall–Kier alpha value is -1.81. The molecule has 144 valence electrons. The summed E-state index contributed by atoms with van der Waals surface area (Å²) < 4.78 is 53.3. The van der Waals surface area contributed by atoms with Crippen LogP contribution in [-0.4, -0.2) is 54.7 Å². The first-order valence-corrected chi connectivity index (χ1v) is 9.95. The Morgan fingerprint density at radius 1 is 1.07 bits per heavy atom. The molecule has 2 aromatic rings. The predicted octanol–water partition coefficient (Wildman–Crippen LogP) is 2.81. The number of hydrogen-bond acceptors (Lipinski definition) is 4. The van der Waals surface area contributed by atoms with Gasteiger partial charge in [-0.1, -0.05) is 23.2 Å². The number of piperazine rings is 1. The van der Waals surface area contributed by atoms with Crippen LogP contribution in [0.1, 0.15) is 10.4 Å². The normalized spacial score (nSPS) is 15.8. The number of halogens is 4. The quantitative estimate of drug-likeness (QED) is 0.694. The van der Waals surface area contributed by atoms with Crippen LogP contribution in [0.2, 0.25) is 10.2 Å². The van der Waals surface area contributed by atoms with E-state index in [9.17, 15) is 22.0 Å². The molecule has 0 bridgehead atoms. The first-order valence-electron chi connectivity index (χ1n) is 7.75. The molecule has 6 nitrogen and oxygen atoms in total. The molecule has 1 amide bonds. The molecular weight excluding hydrogens is 423 g/mol. The number of pyridine rings is 1. The molecule has 1 saturated heterocycles. The van der Waals surface area contributed by atoms with E-state index in [0.29, 0.717) is 6.07 Å². The zero-order valence-electron chi connectivity index (χ0n) is 13.7. The van der Waals surface area contributed by atoms with E-state index in [4.69, 9.17) is 23.2 Å². The monoisotopic (exact) mass is 435 g/mol. The fraction of sp³-hybridized carbons (Fsp3) is 0.250. The summed E-state index contributed by atoms with van der Waals surface area (Å²) in [5.41, 5.74) is 0.219. The van der Waals surface area contributed by atoms with Crippen molar-refractivity contribution in [3.63, 3.8) is 0 Å². The van der Waals surface area contributed by atoms with Crippen LogP contribution in [0.4, 0.5) is 8.78 Å². The van der Waals surface area contributed by atoms with E-state index in [1.54, 1.807) is 0 Å². The number of rotatable bonds is 3. The molecule has 1 fully saturated rings. The van der Waals surface area contributed by atoms with Crippen LogP contribution < -0.4 is 0 Å². The summed E-state index contributed by atoms with van der Waals surface area (Å²) >= 11 is 11.6. The van der Waals surface area contributed by atoms with Crippen molar-refractivity contribution in [1.82, 2.24) is 14.2 Å². The second kappa shape index (κ2) is 7.67. The summed E-state index contributed by atoms with van der Waals surface area (Å²) in [4.78, 5) is 17.0. The van der Waals surface area contributed by atoms with E-state index in [-0.39, 0.29) is 47.8 Å². The van der Waals surface area contributed by atoms with Gasteiger partial charge in [0.05, 0.1) is 10.6 Å². The average molecular weight is 436 g/mol. The Morgan fingerprint density at radius 3 is 2.37 bits per heavy atom. The average Bonchev–Trinajstić information content (AvgIpc) is 2.65. The van der Waals surface area contributed by atoms with Gasteiger partial charge in [-0.2, -0.15) is 4.31 Å². The van der Waals surface area contributed by atoms with Gasteiger partial charge in [0.1, 0.15) is 21.7 Å². The highest BCUT2D eigenvalue weighted by molar-refractivity contribution is 7.89. The summed E-state index contributed by atoms with van der Waals surface area (Å²) in [7, 11) is -4.21. The van der Waals surface area contributed by atoms with Crippen molar-refractivity contribution in [2.75, 3.05) is 26.2 Å². The fourth-order valence-corrected chi connectivity index (χ4v) is 4.43. The molecule has 3 rings (SSSR count). The number of carbonyl (C=O) groups is 1. The van der Waals surface area contributed by atoms with Crippen LogP contribution in [-0.2, 0) is 10.0 Å². The molecule has 1 aliphatic rings. The van der Waals surface area contributed by atoms with Gasteiger partial charge in [0.25, 0.3) is 5.91 Å². The zero-order valence-corrected chi connectivity index (χ0v) is 16.0. The van der Waals surface area contributed by atoms with Gasteiger partial charge in [0.15, 0.2) is 0 Å². The Balaban J connectivity index is 1.73. The Labute approximate surface area is 164 Å². The van der Waals surface area contributed by atoms with Crippen molar-refractivity contribution >= 4 is 39.1 Å². The standard InChI is InChI=1S/C16H13Cl2F2N3O3S/c17-12-7-10(9-21-15(12)18)16(24)22-3-5-23(6-4-22)27(25,26)14-8-11(19)1-2-13(14)20/h1-2,7-9H,3-6H2. The maximum absolute atomic E-state index is 13.8. The third kappa shape index (κ3) is 4.06. The van der Waals surface area contributed by atoms with Crippen molar-refractivity contribution in [2.45, 2.75) is 4.90 Å². The summed E-state index contributed by atoms with van der Waals surface area (Å²) in [5.74, 6) is -2.26. The Morgan fingerprint density at radius 2 is 1.74 bits per heavy atom. The lowest BCUT2D eigenvalue weighted by Gasteiger charge is -2.34. The van der Waals surface area contributed by atoms with Crippen molar-refractivity contribution in [1.29, 1.82) is 0 Å². The molecule has 2 heterocycles. The van der Waals surface area contributed by atoms with Gasteiger partial charge >= 0.3 is 0 Å². The SMILES string of the molecule is O=C(c1cnc(Cl)c(Cl)c1)N1CCN(S(=O)(=O)c2cc(F)ccc2F)CC1. The van der Waals surface area contributed by atoms with Crippen molar-refractivity contribution in [3.8, 4) is 0 Å². The van der Waals surface area contributed by atoms with Gasteiger partial charge in [-0.3, -0.25) is 4.79 Å². The second-order valence-corrected chi connectivity index (χ2v) is 8.44. The number of aromatic nitrogens is 1. The molecule has 0 atom stereocenters. The van der Waals surface area contributed by atoms with Crippen molar-refractivity contribution in [3.05, 3.63) is 57.8 Å². The van der Waals surface area contributed by atoms with Gasteiger partial charge in [-0.15, -0.1) is 0 Å². The number of benzene rings is 1. The summed E-state index contributed by atoms with van der Waals surface area (Å²) in [6.07, 6.45) is 1.28. The number of sulfonamides is 1. The lowest BCUT2D eigenvalue weighted by atomic mass is 10.2. The minimum Gasteiger partial charge on any atom is -0.336 e. The Kier molecular flexibility index (Phi) is 5.66. The molecule has 0 aliphatic carbocycles. The van der Waals surface area contributed by atoms with Crippen LogP contribution in [0.15, 0.2) is 35.4 Å². The number of hydrogen-bond donors (Lipinski definition) is 0. The molecule has 0 unspecified atom stereocenters. The second-order valence-electron chi connectivity index (χ2n) is 5.77. The van der Waals surface area contributed by atoms with E-state index >= 15 is 0 Å². The molecule has 1 aromatic carbocycles. The fourth-order valence-electron chi connectivity index (χ4n) is 2.67.